The van der Waals surface area contributed by atoms with Crippen LogP contribution in [0.1, 0.15) is 54.4 Å². The second kappa shape index (κ2) is 12.8. The van der Waals surface area contributed by atoms with Crippen molar-refractivity contribution in [3.63, 3.8) is 0 Å². The van der Waals surface area contributed by atoms with Crippen molar-refractivity contribution in [2.45, 2.75) is 52.1 Å². The van der Waals surface area contributed by atoms with Crippen molar-refractivity contribution in [2.75, 3.05) is 33.0 Å². The van der Waals surface area contributed by atoms with E-state index in [0.717, 1.165) is 5.57 Å². The van der Waals surface area contributed by atoms with E-state index in [1.165, 1.54) is 23.1 Å². The first-order chi connectivity index (χ1) is 20.4. The lowest BCUT2D eigenvalue weighted by atomic mass is 9.80. The highest BCUT2D eigenvalue weighted by Gasteiger charge is 2.42. The number of aryl methyl sites for hydroxylation is 1. The van der Waals surface area contributed by atoms with Crippen LogP contribution in [0.2, 0.25) is 0 Å². The van der Waals surface area contributed by atoms with Crippen LogP contribution >= 0.6 is 0 Å². The summed E-state index contributed by atoms with van der Waals surface area (Å²) in [5, 5.41) is 7.05. The molecule has 2 aliphatic rings. The molecular formula is C30H35FN6O5. The SMILES string of the molecule is C/C=C\C(=C/C)COc1c(C(=O)NCc2ccc(F)cc2-n2ncnc2C)nc2n(c1=O)CCOCC21CCOCC1. The van der Waals surface area contributed by atoms with Crippen molar-refractivity contribution < 1.29 is 23.4 Å². The van der Waals surface area contributed by atoms with Crippen molar-refractivity contribution in [1.29, 1.82) is 0 Å². The van der Waals surface area contributed by atoms with Crippen LogP contribution in [0.3, 0.4) is 0 Å². The maximum atomic E-state index is 14.2. The number of halogens is 1. The Hall–Kier alpha value is -4.16. The van der Waals surface area contributed by atoms with Gasteiger partial charge in [-0.15, -0.1) is 0 Å². The number of benzene rings is 1. The molecule has 1 saturated heterocycles. The van der Waals surface area contributed by atoms with E-state index in [1.807, 2.05) is 32.1 Å². The van der Waals surface area contributed by atoms with E-state index < -0.39 is 22.7 Å². The fraction of sp³-hybridized carbons (Fsp3) is 0.433. The van der Waals surface area contributed by atoms with Crippen LogP contribution < -0.4 is 15.6 Å². The fourth-order valence-electron chi connectivity index (χ4n) is 5.33. The van der Waals surface area contributed by atoms with E-state index >= 15 is 0 Å². The van der Waals surface area contributed by atoms with Crippen LogP contribution in [0, 0.1) is 12.7 Å². The number of aromatic nitrogens is 5. The zero-order valence-corrected chi connectivity index (χ0v) is 24.1. The second-order valence-corrected chi connectivity index (χ2v) is 10.3. The largest absolute Gasteiger partial charge is 0.481 e. The second-order valence-electron chi connectivity index (χ2n) is 10.3. The van der Waals surface area contributed by atoms with E-state index in [0.29, 0.717) is 68.7 Å². The average Bonchev–Trinajstić information content (AvgIpc) is 3.35. The van der Waals surface area contributed by atoms with Gasteiger partial charge in [-0.3, -0.25) is 14.2 Å². The minimum atomic E-state index is -0.587. The van der Waals surface area contributed by atoms with Crippen molar-refractivity contribution in [3.05, 3.63) is 87.4 Å². The lowest BCUT2D eigenvalue weighted by molar-refractivity contribution is 0.00413. The van der Waals surface area contributed by atoms with E-state index in [-0.39, 0.29) is 24.6 Å². The number of ether oxygens (including phenoxy) is 3. The van der Waals surface area contributed by atoms with E-state index in [9.17, 15) is 14.0 Å². The Morgan fingerprint density at radius 2 is 2.02 bits per heavy atom. The smallest absolute Gasteiger partial charge is 0.296 e. The molecule has 2 aliphatic heterocycles. The van der Waals surface area contributed by atoms with Crippen LogP contribution in [0.5, 0.6) is 5.75 Å². The molecule has 1 spiro atoms. The Morgan fingerprint density at radius 3 is 2.74 bits per heavy atom. The van der Waals surface area contributed by atoms with E-state index in [2.05, 4.69) is 15.4 Å². The monoisotopic (exact) mass is 578 g/mol. The minimum Gasteiger partial charge on any atom is -0.481 e. The number of allylic oxidation sites excluding steroid dienone is 2. The highest BCUT2D eigenvalue weighted by molar-refractivity contribution is 5.94. The number of carbonyl (C=O) groups is 1. The lowest BCUT2D eigenvalue weighted by Gasteiger charge is -2.36. The minimum absolute atomic E-state index is 0.0219. The number of nitrogens with zero attached hydrogens (tertiary/aromatic N) is 5. The molecule has 0 bridgehead atoms. The van der Waals surface area contributed by atoms with Crippen LogP contribution in [-0.2, 0) is 28.0 Å². The van der Waals surface area contributed by atoms with E-state index in [4.69, 9.17) is 19.2 Å². The standard InChI is InChI=1S/C30H35FN6O5/c1-4-6-21(5-2)17-42-26-25(35-29-30(9-12-40-13-10-30)18-41-14-11-36(29)28(26)39)27(38)32-16-22-7-8-23(31)15-24(22)37-20(3)33-19-34-37/h4-8,15,19H,9-14,16-18H2,1-3H3,(H,32,38)/b6-4-,21-5+. The summed E-state index contributed by atoms with van der Waals surface area (Å²) in [4.78, 5) is 36.7. The summed E-state index contributed by atoms with van der Waals surface area (Å²) in [5.41, 5.74) is 0.792. The summed E-state index contributed by atoms with van der Waals surface area (Å²) in [7, 11) is 0. The molecule has 42 heavy (non-hydrogen) atoms. The molecule has 222 valence electrons. The van der Waals surface area contributed by atoms with Gasteiger partial charge in [0.25, 0.3) is 11.5 Å². The van der Waals surface area contributed by atoms with E-state index in [1.54, 1.807) is 17.6 Å². The molecule has 4 heterocycles. The summed E-state index contributed by atoms with van der Waals surface area (Å²) in [6.07, 6.45) is 8.23. The topological polar surface area (TPSA) is 122 Å². The molecule has 1 fully saturated rings. The van der Waals surface area contributed by atoms with Gasteiger partial charge in [-0.1, -0.05) is 24.3 Å². The summed E-state index contributed by atoms with van der Waals surface area (Å²) in [6, 6.07) is 4.22. The van der Waals surface area contributed by atoms with Gasteiger partial charge in [0.05, 0.1) is 30.9 Å². The summed E-state index contributed by atoms with van der Waals surface area (Å²) < 4.78 is 34.8. The Labute approximate surface area is 243 Å². The predicted molar refractivity (Wildman–Crippen MR) is 152 cm³/mol. The fourth-order valence-corrected chi connectivity index (χ4v) is 5.33. The molecular weight excluding hydrogens is 543 g/mol. The zero-order chi connectivity index (χ0) is 29.7. The van der Waals surface area contributed by atoms with Gasteiger partial charge < -0.3 is 19.5 Å². The lowest BCUT2D eigenvalue weighted by Crippen LogP contribution is -2.43. The van der Waals surface area contributed by atoms with Crippen molar-refractivity contribution >= 4 is 5.91 Å². The third kappa shape index (κ3) is 5.90. The van der Waals surface area contributed by atoms with Crippen molar-refractivity contribution in [2.24, 2.45) is 0 Å². The molecule has 2 aromatic heterocycles. The molecule has 1 aromatic carbocycles. The third-order valence-corrected chi connectivity index (χ3v) is 7.67. The Bertz CT molecular complexity index is 1570. The van der Waals surface area contributed by atoms with Crippen molar-refractivity contribution in [1.82, 2.24) is 29.6 Å². The quantitative estimate of drug-likeness (QED) is 0.405. The highest BCUT2D eigenvalue weighted by atomic mass is 19.1. The number of hydrogen-bond donors (Lipinski definition) is 1. The average molecular weight is 579 g/mol. The van der Waals surface area contributed by atoms with Gasteiger partial charge in [-0.25, -0.2) is 19.0 Å². The van der Waals surface area contributed by atoms with Gasteiger partial charge >= 0.3 is 0 Å². The number of fused-ring (bicyclic) bond motifs is 2. The summed E-state index contributed by atoms with van der Waals surface area (Å²) >= 11 is 0. The molecule has 1 N–H and O–H groups in total. The number of hydrogen-bond acceptors (Lipinski definition) is 8. The molecule has 12 heteroatoms. The first kappa shape index (κ1) is 29.3. The van der Waals surface area contributed by atoms with Gasteiger partial charge in [-0.05, 0) is 56.9 Å². The summed E-state index contributed by atoms with van der Waals surface area (Å²) in [6.45, 7) is 7.64. The molecule has 0 radical (unpaired) electrons. The molecule has 3 aromatic rings. The Morgan fingerprint density at radius 1 is 1.21 bits per heavy atom. The van der Waals surface area contributed by atoms with Gasteiger partial charge in [0.2, 0.25) is 5.75 Å². The number of rotatable bonds is 8. The molecule has 11 nitrogen and oxygen atoms in total. The first-order valence-corrected chi connectivity index (χ1v) is 14.0. The molecule has 0 aliphatic carbocycles. The maximum absolute atomic E-state index is 14.2. The molecule has 0 saturated carbocycles. The Balaban J connectivity index is 1.54. The van der Waals surface area contributed by atoms with Gasteiger partial charge in [-0.2, -0.15) is 5.10 Å². The zero-order valence-electron chi connectivity index (χ0n) is 24.1. The van der Waals surface area contributed by atoms with Crippen LogP contribution in [0.4, 0.5) is 4.39 Å². The molecule has 0 atom stereocenters. The number of carbonyl (C=O) groups excluding carboxylic acids is 1. The summed E-state index contributed by atoms with van der Waals surface area (Å²) in [5.74, 6) is -0.0939. The molecule has 5 rings (SSSR count). The number of nitrogens with one attached hydrogen (secondary N) is 1. The maximum Gasteiger partial charge on any atom is 0.296 e. The Kier molecular flexibility index (Phi) is 8.93. The van der Waals surface area contributed by atoms with Crippen molar-refractivity contribution in [3.8, 4) is 11.4 Å². The highest BCUT2D eigenvalue weighted by Crippen LogP contribution is 2.36. The van der Waals surface area contributed by atoms with Gasteiger partial charge in [0.1, 0.15) is 30.4 Å². The van der Waals surface area contributed by atoms with Gasteiger partial charge in [0, 0.05) is 19.8 Å². The van der Waals surface area contributed by atoms with Crippen LogP contribution in [-0.4, -0.2) is 63.3 Å². The van der Waals surface area contributed by atoms with Crippen LogP contribution in [0.15, 0.2) is 53.1 Å². The first-order valence-electron chi connectivity index (χ1n) is 14.0. The molecule has 0 unspecified atom stereocenters. The van der Waals surface area contributed by atoms with Gasteiger partial charge in [0.15, 0.2) is 5.69 Å². The predicted octanol–water partition coefficient (Wildman–Crippen LogP) is 3.18. The third-order valence-electron chi connectivity index (χ3n) is 7.67. The molecule has 1 amide bonds. The van der Waals surface area contributed by atoms with Crippen LogP contribution in [0.25, 0.3) is 5.69 Å². The normalized spacial score (nSPS) is 16.8. The number of amides is 1.